The van der Waals surface area contributed by atoms with Crippen molar-refractivity contribution in [2.24, 2.45) is 5.41 Å². The van der Waals surface area contributed by atoms with Crippen LogP contribution in [0, 0.1) is 16.9 Å². The summed E-state index contributed by atoms with van der Waals surface area (Å²) in [6.45, 7) is 3.91. The van der Waals surface area contributed by atoms with Crippen LogP contribution in [0.25, 0.3) is 5.57 Å². The Balaban J connectivity index is 1.27. The van der Waals surface area contributed by atoms with Crippen molar-refractivity contribution >= 4 is 17.5 Å². The first-order valence-corrected chi connectivity index (χ1v) is 11.1. The third-order valence-electron chi connectivity index (χ3n) is 6.91. The third-order valence-corrected chi connectivity index (χ3v) is 7.75. The lowest BCUT2D eigenvalue weighted by Crippen LogP contribution is -2.58. The zero-order valence-electron chi connectivity index (χ0n) is 15.9. The van der Waals surface area contributed by atoms with E-state index < -0.39 is 0 Å². The average Bonchev–Trinajstić information content (AvgIpc) is 3.06. The second-order valence-corrected chi connectivity index (χ2v) is 9.51. The lowest BCUT2D eigenvalue weighted by molar-refractivity contribution is -0.116. The molecule has 0 radical (unpaired) electrons. The summed E-state index contributed by atoms with van der Waals surface area (Å²) in [7, 11) is 0. The van der Waals surface area contributed by atoms with Gasteiger partial charge >= 0.3 is 0 Å². The van der Waals surface area contributed by atoms with Gasteiger partial charge in [-0.3, -0.25) is 4.98 Å². The molecule has 5 nitrogen and oxygen atoms in total. The molecule has 6 heteroatoms. The van der Waals surface area contributed by atoms with Crippen molar-refractivity contribution in [2.75, 3.05) is 32.4 Å². The van der Waals surface area contributed by atoms with Gasteiger partial charge in [0, 0.05) is 38.2 Å². The van der Waals surface area contributed by atoms with E-state index in [0.717, 1.165) is 76.1 Å². The first-order valence-electron chi connectivity index (χ1n) is 9.94. The Bertz CT molecular complexity index is 814. The first-order chi connectivity index (χ1) is 13.1. The highest BCUT2D eigenvalue weighted by Crippen LogP contribution is 2.60. The molecule has 27 heavy (non-hydrogen) atoms. The fourth-order valence-corrected chi connectivity index (χ4v) is 6.00. The van der Waals surface area contributed by atoms with Crippen LogP contribution in [0.1, 0.15) is 43.4 Å². The van der Waals surface area contributed by atoms with Gasteiger partial charge in [-0.2, -0.15) is 5.26 Å². The molecule has 4 heterocycles. The van der Waals surface area contributed by atoms with E-state index in [1.807, 2.05) is 23.0 Å². The van der Waals surface area contributed by atoms with Gasteiger partial charge < -0.3 is 9.64 Å². The van der Waals surface area contributed by atoms with E-state index in [1.165, 1.54) is 11.1 Å². The standard InChI is InChI=1S/C21H26N4OS/c1-27-25-6-2-16(3-7-25)18-10-17-11-21(26-19(17)12-23-18)13-20(14-21)4-8-24(15-22)9-5-20/h2,10,12H,3-9,11,13-14H2,1H3. The summed E-state index contributed by atoms with van der Waals surface area (Å²) in [4.78, 5) is 6.61. The van der Waals surface area contributed by atoms with Gasteiger partial charge in [-0.25, -0.2) is 4.31 Å². The van der Waals surface area contributed by atoms with Crippen LogP contribution in [0.3, 0.4) is 0 Å². The Labute approximate surface area is 165 Å². The Morgan fingerprint density at radius 2 is 2.07 bits per heavy atom. The van der Waals surface area contributed by atoms with Gasteiger partial charge in [0.05, 0.1) is 11.9 Å². The summed E-state index contributed by atoms with van der Waals surface area (Å²) < 4.78 is 8.79. The van der Waals surface area contributed by atoms with Gasteiger partial charge in [0.25, 0.3) is 0 Å². The Hall–Kier alpha value is -1.71. The van der Waals surface area contributed by atoms with Crippen molar-refractivity contribution in [3.8, 4) is 11.9 Å². The minimum absolute atomic E-state index is 0.00591. The Morgan fingerprint density at radius 1 is 1.26 bits per heavy atom. The molecule has 5 rings (SSSR count). The number of piperidine rings is 1. The molecule has 1 saturated carbocycles. The van der Waals surface area contributed by atoms with Crippen molar-refractivity contribution in [3.63, 3.8) is 0 Å². The van der Waals surface area contributed by atoms with E-state index in [-0.39, 0.29) is 5.60 Å². The highest BCUT2D eigenvalue weighted by atomic mass is 32.2. The highest BCUT2D eigenvalue weighted by molar-refractivity contribution is 7.96. The van der Waals surface area contributed by atoms with Gasteiger partial charge in [0.1, 0.15) is 11.4 Å². The van der Waals surface area contributed by atoms with Crippen LogP contribution in [0.4, 0.5) is 0 Å². The smallest absolute Gasteiger partial charge is 0.179 e. The molecule has 0 bridgehead atoms. The highest BCUT2D eigenvalue weighted by Gasteiger charge is 2.59. The number of hydrogen-bond donors (Lipinski definition) is 0. The second-order valence-electron chi connectivity index (χ2n) is 8.63. The zero-order chi connectivity index (χ0) is 18.5. The van der Waals surface area contributed by atoms with E-state index in [0.29, 0.717) is 5.41 Å². The predicted octanol–water partition coefficient (Wildman–Crippen LogP) is 3.48. The summed E-state index contributed by atoms with van der Waals surface area (Å²) in [5.41, 5.74) is 4.23. The molecule has 1 saturated heterocycles. The summed E-state index contributed by atoms with van der Waals surface area (Å²) in [6.07, 6.45) is 15.3. The predicted molar refractivity (Wildman–Crippen MR) is 107 cm³/mol. The molecular weight excluding hydrogens is 356 g/mol. The number of hydrogen-bond acceptors (Lipinski definition) is 6. The largest absolute Gasteiger partial charge is 0.485 e. The molecule has 1 aromatic heterocycles. The number of pyridine rings is 1. The Kier molecular flexibility index (Phi) is 4.14. The zero-order valence-corrected chi connectivity index (χ0v) is 16.7. The molecule has 2 fully saturated rings. The van der Waals surface area contributed by atoms with Crippen molar-refractivity contribution in [1.29, 1.82) is 5.26 Å². The second kappa shape index (κ2) is 6.42. The topological polar surface area (TPSA) is 52.4 Å². The summed E-state index contributed by atoms with van der Waals surface area (Å²) in [5.74, 6) is 0.991. The molecule has 2 spiro atoms. The van der Waals surface area contributed by atoms with Crippen LogP contribution in [0.5, 0.6) is 5.75 Å². The van der Waals surface area contributed by atoms with Crippen LogP contribution in [0.15, 0.2) is 18.3 Å². The van der Waals surface area contributed by atoms with Gasteiger partial charge in [0.2, 0.25) is 0 Å². The van der Waals surface area contributed by atoms with Crippen LogP contribution >= 0.6 is 11.9 Å². The van der Waals surface area contributed by atoms with Crippen LogP contribution in [-0.4, -0.2) is 52.2 Å². The lowest BCUT2D eigenvalue weighted by Gasteiger charge is -2.56. The molecule has 0 N–H and O–H groups in total. The fourth-order valence-electron chi connectivity index (χ4n) is 5.50. The minimum atomic E-state index is -0.00591. The van der Waals surface area contributed by atoms with E-state index in [4.69, 9.17) is 15.0 Å². The molecule has 0 aromatic carbocycles. The molecular formula is C21H26N4OS. The first kappa shape index (κ1) is 17.4. The Morgan fingerprint density at radius 3 is 2.74 bits per heavy atom. The van der Waals surface area contributed by atoms with Gasteiger partial charge in [0.15, 0.2) is 6.19 Å². The van der Waals surface area contributed by atoms with Crippen LogP contribution < -0.4 is 4.74 Å². The summed E-state index contributed by atoms with van der Waals surface area (Å²) >= 11 is 1.81. The quantitative estimate of drug-likeness (QED) is 0.577. The average molecular weight is 383 g/mol. The molecule has 0 amide bonds. The number of rotatable bonds is 2. The van der Waals surface area contributed by atoms with E-state index in [1.54, 1.807) is 0 Å². The minimum Gasteiger partial charge on any atom is -0.485 e. The molecule has 1 aliphatic carbocycles. The molecule has 0 unspecified atom stereocenters. The van der Waals surface area contributed by atoms with Crippen molar-refractivity contribution < 1.29 is 4.74 Å². The van der Waals surface area contributed by atoms with Gasteiger partial charge in [-0.05, 0) is 55.4 Å². The maximum absolute atomic E-state index is 9.07. The fraction of sp³-hybridized carbons (Fsp3) is 0.619. The molecule has 0 atom stereocenters. The third kappa shape index (κ3) is 3.01. The molecule has 1 aromatic rings. The number of fused-ring (bicyclic) bond motifs is 1. The molecule has 4 aliphatic rings. The molecule has 142 valence electrons. The van der Waals surface area contributed by atoms with E-state index in [2.05, 4.69) is 28.9 Å². The summed E-state index contributed by atoms with van der Waals surface area (Å²) in [6, 6.07) is 2.27. The number of aromatic nitrogens is 1. The van der Waals surface area contributed by atoms with Gasteiger partial charge in [-0.15, -0.1) is 0 Å². The maximum atomic E-state index is 9.07. The normalized spacial score (nSPS) is 25.5. The van der Waals surface area contributed by atoms with Crippen molar-refractivity contribution in [2.45, 2.75) is 44.1 Å². The van der Waals surface area contributed by atoms with Crippen molar-refractivity contribution in [3.05, 3.63) is 29.6 Å². The number of nitriles is 1. The summed E-state index contributed by atoms with van der Waals surface area (Å²) in [5, 5.41) is 9.07. The van der Waals surface area contributed by atoms with E-state index >= 15 is 0 Å². The lowest BCUT2D eigenvalue weighted by atomic mass is 9.54. The van der Waals surface area contributed by atoms with Gasteiger partial charge in [-0.1, -0.05) is 18.0 Å². The van der Waals surface area contributed by atoms with Crippen LogP contribution in [-0.2, 0) is 6.42 Å². The van der Waals surface area contributed by atoms with E-state index in [9.17, 15) is 0 Å². The number of likely N-dealkylation sites (tertiary alicyclic amines) is 1. The van der Waals surface area contributed by atoms with Crippen LogP contribution in [0.2, 0.25) is 0 Å². The maximum Gasteiger partial charge on any atom is 0.179 e. The number of ether oxygens (including phenoxy) is 1. The number of nitrogens with zero attached hydrogens (tertiary/aromatic N) is 4. The molecule has 3 aliphatic heterocycles. The SMILES string of the molecule is CSN1CC=C(c2cc3c(cn2)OC2(C3)CC3(CCN(C#N)CC3)C2)CC1. The van der Waals surface area contributed by atoms with Crippen molar-refractivity contribution in [1.82, 2.24) is 14.2 Å². The monoisotopic (exact) mass is 382 g/mol.